The summed E-state index contributed by atoms with van der Waals surface area (Å²) >= 11 is 3.39. The molecule has 1 heterocycles. The van der Waals surface area contributed by atoms with Crippen LogP contribution in [-0.4, -0.2) is 15.9 Å². The number of carbonyl (C=O) groups is 1. The molecular weight excluding hydrogens is 346 g/mol. The van der Waals surface area contributed by atoms with Crippen molar-refractivity contribution < 1.29 is 4.79 Å². The van der Waals surface area contributed by atoms with Crippen molar-refractivity contribution in [3.05, 3.63) is 68.5 Å². The average Bonchev–Trinajstić information content (AvgIpc) is 2.86. The number of carbonyl (C=O) groups excluding carboxylic acids is 1. The van der Waals surface area contributed by atoms with Crippen LogP contribution >= 0.6 is 15.9 Å². The van der Waals surface area contributed by atoms with Gasteiger partial charge in [-0.05, 0) is 42.8 Å². The number of halogens is 1. The Labute approximate surface area is 134 Å². The van der Waals surface area contributed by atoms with E-state index < -0.39 is 0 Å². The minimum atomic E-state index is -0.282. The number of imidazole rings is 1. The standard InChI is InChI=1S/C16H14BrN3O2/c1-9(10-2-5-12(17)6-3-10)18-15(21)11-4-7-13-14(8-11)20-16(22)19-13/h2-9H,1H3,(H,18,21)(H2,19,20,22). The molecule has 0 spiro atoms. The summed E-state index contributed by atoms with van der Waals surface area (Å²) in [5.74, 6) is -0.181. The first-order chi connectivity index (χ1) is 10.5. The third kappa shape index (κ3) is 2.96. The normalized spacial score (nSPS) is 12.3. The van der Waals surface area contributed by atoms with Gasteiger partial charge in [0.25, 0.3) is 5.91 Å². The maximum atomic E-state index is 12.3. The first-order valence-electron chi connectivity index (χ1n) is 6.81. The number of aromatic amines is 2. The molecule has 0 bridgehead atoms. The Bertz CT molecular complexity index is 880. The smallest absolute Gasteiger partial charge is 0.323 e. The molecule has 3 N–H and O–H groups in total. The van der Waals surface area contributed by atoms with Crippen molar-refractivity contribution >= 4 is 32.9 Å². The van der Waals surface area contributed by atoms with E-state index in [2.05, 4.69) is 31.2 Å². The quantitative estimate of drug-likeness (QED) is 0.671. The number of hydrogen-bond acceptors (Lipinski definition) is 2. The highest BCUT2D eigenvalue weighted by molar-refractivity contribution is 9.10. The van der Waals surface area contributed by atoms with Gasteiger partial charge in [-0.15, -0.1) is 0 Å². The van der Waals surface area contributed by atoms with E-state index >= 15 is 0 Å². The van der Waals surface area contributed by atoms with E-state index in [1.54, 1.807) is 18.2 Å². The van der Waals surface area contributed by atoms with Crippen molar-refractivity contribution in [2.75, 3.05) is 0 Å². The Morgan fingerprint density at radius 3 is 2.50 bits per heavy atom. The van der Waals surface area contributed by atoms with Crippen LogP contribution in [0.25, 0.3) is 11.0 Å². The summed E-state index contributed by atoms with van der Waals surface area (Å²) in [4.78, 5) is 28.9. The molecule has 5 nitrogen and oxygen atoms in total. The minimum absolute atomic E-state index is 0.110. The van der Waals surface area contributed by atoms with Crippen molar-refractivity contribution in [2.24, 2.45) is 0 Å². The van der Waals surface area contributed by atoms with E-state index in [1.165, 1.54) is 0 Å². The number of nitrogens with one attached hydrogen (secondary N) is 3. The van der Waals surface area contributed by atoms with Crippen LogP contribution in [-0.2, 0) is 0 Å². The van der Waals surface area contributed by atoms with Gasteiger partial charge >= 0.3 is 5.69 Å². The number of benzene rings is 2. The fourth-order valence-electron chi connectivity index (χ4n) is 2.29. The molecule has 1 amide bonds. The van der Waals surface area contributed by atoms with Crippen LogP contribution in [0.2, 0.25) is 0 Å². The number of fused-ring (bicyclic) bond motifs is 1. The third-order valence-corrected chi connectivity index (χ3v) is 4.02. The fourth-order valence-corrected chi connectivity index (χ4v) is 2.55. The molecule has 1 unspecified atom stereocenters. The lowest BCUT2D eigenvalue weighted by molar-refractivity contribution is 0.0940. The molecular formula is C16H14BrN3O2. The summed E-state index contributed by atoms with van der Waals surface area (Å²) in [7, 11) is 0. The summed E-state index contributed by atoms with van der Waals surface area (Å²) in [6, 6.07) is 12.8. The lowest BCUT2D eigenvalue weighted by atomic mass is 10.1. The van der Waals surface area contributed by atoms with Crippen molar-refractivity contribution in [3.63, 3.8) is 0 Å². The van der Waals surface area contributed by atoms with Gasteiger partial charge in [-0.25, -0.2) is 4.79 Å². The van der Waals surface area contributed by atoms with E-state index in [0.717, 1.165) is 10.0 Å². The van der Waals surface area contributed by atoms with Gasteiger partial charge in [-0.3, -0.25) is 4.79 Å². The van der Waals surface area contributed by atoms with Gasteiger partial charge in [0.1, 0.15) is 0 Å². The van der Waals surface area contributed by atoms with E-state index in [1.807, 2.05) is 31.2 Å². The summed E-state index contributed by atoms with van der Waals surface area (Å²) in [5.41, 5.74) is 2.55. The van der Waals surface area contributed by atoms with E-state index in [0.29, 0.717) is 16.6 Å². The van der Waals surface area contributed by atoms with Crippen molar-refractivity contribution in [2.45, 2.75) is 13.0 Å². The molecule has 22 heavy (non-hydrogen) atoms. The lowest BCUT2D eigenvalue weighted by Gasteiger charge is -2.14. The van der Waals surface area contributed by atoms with Crippen molar-refractivity contribution in [3.8, 4) is 0 Å². The minimum Gasteiger partial charge on any atom is -0.346 e. The summed E-state index contributed by atoms with van der Waals surface area (Å²) in [6.07, 6.45) is 0. The molecule has 0 aliphatic carbocycles. The molecule has 1 aromatic heterocycles. The summed E-state index contributed by atoms with van der Waals surface area (Å²) in [6.45, 7) is 1.93. The lowest BCUT2D eigenvalue weighted by Crippen LogP contribution is -2.26. The number of amides is 1. The summed E-state index contributed by atoms with van der Waals surface area (Å²) < 4.78 is 0.997. The van der Waals surface area contributed by atoms with Crippen LogP contribution in [0.4, 0.5) is 0 Å². The van der Waals surface area contributed by atoms with Crippen LogP contribution < -0.4 is 11.0 Å². The molecule has 0 fully saturated rings. The topological polar surface area (TPSA) is 77.8 Å². The Kier molecular flexibility index (Phi) is 3.85. The van der Waals surface area contributed by atoms with E-state index in [9.17, 15) is 9.59 Å². The maximum Gasteiger partial charge on any atom is 0.323 e. The Balaban J connectivity index is 1.80. The molecule has 2 aromatic carbocycles. The highest BCUT2D eigenvalue weighted by Gasteiger charge is 2.12. The highest BCUT2D eigenvalue weighted by atomic mass is 79.9. The molecule has 0 aliphatic rings. The number of hydrogen-bond donors (Lipinski definition) is 3. The van der Waals surface area contributed by atoms with Crippen LogP contribution in [0.15, 0.2) is 51.7 Å². The maximum absolute atomic E-state index is 12.3. The zero-order chi connectivity index (χ0) is 15.7. The van der Waals surface area contributed by atoms with Gasteiger partial charge in [-0.2, -0.15) is 0 Å². The zero-order valence-corrected chi connectivity index (χ0v) is 13.4. The van der Waals surface area contributed by atoms with Crippen molar-refractivity contribution in [1.82, 2.24) is 15.3 Å². The fraction of sp³-hybridized carbons (Fsp3) is 0.125. The molecule has 0 saturated carbocycles. The monoisotopic (exact) mass is 359 g/mol. The Morgan fingerprint density at radius 2 is 1.77 bits per heavy atom. The van der Waals surface area contributed by atoms with Crippen LogP contribution in [0.5, 0.6) is 0 Å². The van der Waals surface area contributed by atoms with Crippen LogP contribution in [0, 0.1) is 0 Å². The molecule has 6 heteroatoms. The van der Waals surface area contributed by atoms with E-state index in [-0.39, 0.29) is 17.6 Å². The second-order valence-electron chi connectivity index (χ2n) is 5.09. The molecule has 0 aliphatic heterocycles. The molecule has 112 valence electrons. The summed E-state index contributed by atoms with van der Waals surface area (Å²) in [5, 5.41) is 2.95. The van der Waals surface area contributed by atoms with Gasteiger partial charge in [0.15, 0.2) is 0 Å². The second kappa shape index (κ2) is 5.81. The predicted molar refractivity (Wildman–Crippen MR) is 88.9 cm³/mol. The Morgan fingerprint density at radius 1 is 1.09 bits per heavy atom. The van der Waals surface area contributed by atoms with Crippen molar-refractivity contribution in [1.29, 1.82) is 0 Å². The van der Waals surface area contributed by atoms with Crippen LogP contribution in [0.1, 0.15) is 28.9 Å². The Hall–Kier alpha value is -2.34. The molecule has 0 radical (unpaired) electrons. The largest absolute Gasteiger partial charge is 0.346 e. The predicted octanol–water partition coefficient (Wildman–Crippen LogP) is 3.11. The van der Waals surface area contributed by atoms with Gasteiger partial charge in [0.2, 0.25) is 0 Å². The molecule has 3 aromatic rings. The SMILES string of the molecule is CC(NC(=O)c1ccc2[nH]c(=O)[nH]c2c1)c1ccc(Br)cc1. The average molecular weight is 360 g/mol. The highest BCUT2D eigenvalue weighted by Crippen LogP contribution is 2.17. The number of rotatable bonds is 3. The third-order valence-electron chi connectivity index (χ3n) is 3.50. The van der Waals surface area contributed by atoms with Gasteiger partial charge in [-0.1, -0.05) is 28.1 Å². The van der Waals surface area contributed by atoms with Crippen LogP contribution in [0.3, 0.4) is 0 Å². The molecule has 0 saturated heterocycles. The first kappa shape index (κ1) is 14.6. The van der Waals surface area contributed by atoms with Gasteiger partial charge in [0, 0.05) is 10.0 Å². The molecule has 1 atom stereocenters. The second-order valence-corrected chi connectivity index (χ2v) is 6.00. The zero-order valence-electron chi connectivity index (χ0n) is 11.8. The van der Waals surface area contributed by atoms with Gasteiger partial charge in [0.05, 0.1) is 17.1 Å². The number of H-pyrrole nitrogens is 2. The number of aromatic nitrogens is 2. The van der Waals surface area contributed by atoms with Gasteiger partial charge < -0.3 is 15.3 Å². The first-order valence-corrected chi connectivity index (χ1v) is 7.60. The molecule has 3 rings (SSSR count). The van der Waals surface area contributed by atoms with E-state index in [4.69, 9.17) is 0 Å².